The monoisotopic (exact) mass is 291 g/mol. The third-order valence-corrected chi connectivity index (χ3v) is 3.59. The maximum Gasteiger partial charge on any atom is 0.0805 e. The van der Waals surface area contributed by atoms with Gasteiger partial charge in [0.1, 0.15) is 0 Å². The van der Waals surface area contributed by atoms with E-state index in [0.29, 0.717) is 5.92 Å². The van der Waals surface area contributed by atoms with Crippen LogP contribution in [-0.4, -0.2) is 36.3 Å². The Bertz CT molecular complexity index is 459. The minimum absolute atomic E-state index is 0.100. The van der Waals surface area contributed by atoms with E-state index in [2.05, 4.69) is 62.0 Å². The summed E-state index contributed by atoms with van der Waals surface area (Å²) in [6.07, 6.45) is 2.17. The second-order valence-electron chi connectivity index (χ2n) is 7.10. The van der Waals surface area contributed by atoms with Crippen molar-refractivity contribution in [2.24, 2.45) is 5.92 Å². The highest BCUT2D eigenvalue weighted by Crippen LogP contribution is 2.26. The van der Waals surface area contributed by atoms with Crippen LogP contribution in [0.5, 0.6) is 0 Å². The summed E-state index contributed by atoms with van der Waals surface area (Å²) in [6, 6.07) is 4.29. The molecule has 4 heteroatoms. The van der Waals surface area contributed by atoms with Gasteiger partial charge in [0, 0.05) is 31.5 Å². The van der Waals surface area contributed by atoms with Crippen molar-refractivity contribution in [3.05, 3.63) is 24.0 Å². The summed E-state index contributed by atoms with van der Waals surface area (Å²) in [7, 11) is 0. The second kappa shape index (κ2) is 6.75. The van der Waals surface area contributed by atoms with Crippen LogP contribution in [0.1, 0.15) is 40.3 Å². The van der Waals surface area contributed by atoms with Crippen LogP contribution in [0.2, 0.25) is 0 Å². The molecule has 0 bridgehead atoms. The summed E-state index contributed by atoms with van der Waals surface area (Å²) >= 11 is 0. The summed E-state index contributed by atoms with van der Waals surface area (Å²) in [5, 5.41) is 3.45. The highest BCUT2D eigenvalue weighted by molar-refractivity contribution is 5.47. The van der Waals surface area contributed by atoms with E-state index in [-0.39, 0.29) is 11.7 Å². The van der Waals surface area contributed by atoms with Gasteiger partial charge < -0.3 is 15.0 Å². The van der Waals surface area contributed by atoms with E-state index in [1.165, 1.54) is 5.69 Å². The molecule has 1 aromatic heterocycles. The molecular weight excluding hydrogens is 262 g/mol. The van der Waals surface area contributed by atoms with Crippen molar-refractivity contribution < 1.29 is 4.74 Å². The molecular formula is C17H29N3O. The molecule has 1 atom stereocenters. The molecule has 2 rings (SSSR count). The average Bonchev–Trinajstić information content (AvgIpc) is 2.36. The van der Waals surface area contributed by atoms with Crippen LogP contribution in [0.15, 0.2) is 18.3 Å². The van der Waals surface area contributed by atoms with Crippen LogP contribution in [0, 0.1) is 5.92 Å². The van der Waals surface area contributed by atoms with Crippen molar-refractivity contribution in [1.29, 1.82) is 0 Å². The minimum Gasteiger partial charge on any atom is -0.369 e. The number of aromatic nitrogens is 1. The molecule has 0 amide bonds. The predicted molar refractivity (Wildman–Crippen MR) is 87.6 cm³/mol. The zero-order chi connectivity index (χ0) is 15.5. The van der Waals surface area contributed by atoms with E-state index in [1.807, 2.05) is 6.20 Å². The maximum atomic E-state index is 5.98. The molecule has 0 radical (unpaired) electrons. The van der Waals surface area contributed by atoms with Gasteiger partial charge >= 0.3 is 0 Å². The van der Waals surface area contributed by atoms with Crippen molar-refractivity contribution in [3.63, 3.8) is 0 Å². The van der Waals surface area contributed by atoms with E-state index in [1.54, 1.807) is 0 Å². The lowest BCUT2D eigenvalue weighted by Gasteiger charge is -2.43. The number of nitrogens with zero attached hydrogens (tertiary/aromatic N) is 2. The number of anilines is 1. The number of pyridine rings is 1. The molecule has 1 N–H and O–H groups in total. The molecule has 4 nitrogen and oxygen atoms in total. The number of morpholine rings is 1. The number of ether oxygens (including phenoxy) is 1. The summed E-state index contributed by atoms with van der Waals surface area (Å²) in [5.41, 5.74) is 2.25. The fourth-order valence-corrected chi connectivity index (χ4v) is 2.90. The Labute approximate surface area is 128 Å². The number of hydrogen-bond donors (Lipinski definition) is 1. The Hall–Kier alpha value is -1.13. The molecule has 1 aromatic rings. The molecule has 1 saturated heterocycles. The fraction of sp³-hybridized carbons (Fsp3) is 0.706. The topological polar surface area (TPSA) is 37.4 Å². The van der Waals surface area contributed by atoms with Crippen LogP contribution in [0.3, 0.4) is 0 Å². The highest BCUT2D eigenvalue weighted by atomic mass is 16.5. The van der Waals surface area contributed by atoms with Crippen LogP contribution in [-0.2, 0) is 11.3 Å². The first-order valence-corrected chi connectivity index (χ1v) is 7.94. The molecule has 1 unspecified atom stereocenters. The van der Waals surface area contributed by atoms with Gasteiger partial charge in [0.05, 0.1) is 17.4 Å². The van der Waals surface area contributed by atoms with Crippen LogP contribution in [0.25, 0.3) is 0 Å². The molecule has 0 aromatic carbocycles. The highest BCUT2D eigenvalue weighted by Gasteiger charge is 2.31. The summed E-state index contributed by atoms with van der Waals surface area (Å²) in [5.74, 6) is 0.661. The first-order chi connectivity index (χ1) is 9.85. The average molecular weight is 291 g/mol. The molecule has 21 heavy (non-hydrogen) atoms. The van der Waals surface area contributed by atoms with Gasteiger partial charge in [0.25, 0.3) is 0 Å². The Kier molecular flexibility index (Phi) is 5.22. The zero-order valence-electron chi connectivity index (χ0n) is 14.0. The van der Waals surface area contributed by atoms with Crippen LogP contribution in [0.4, 0.5) is 5.69 Å². The molecule has 2 heterocycles. The maximum absolute atomic E-state index is 5.98. The van der Waals surface area contributed by atoms with E-state index in [0.717, 1.165) is 31.9 Å². The van der Waals surface area contributed by atoms with E-state index in [4.69, 9.17) is 4.74 Å². The second-order valence-corrected chi connectivity index (χ2v) is 7.10. The lowest BCUT2D eigenvalue weighted by atomic mass is 10.0. The minimum atomic E-state index is -0.100. The van der Waals surface area contributed by atoms with E-state index >= 15 is 0 Å². The van der Waals surface area contributed by atoms with Gasteiger partial charge in [-0.25, -0.2) is 0 Å². The summed E-state index contributed by atoms with van der Waals surface area (Å²) < 4.78 is 5.98. The van der Waals surface area contributed by atoms with Crippen LogP contribution < -0.4 is 10.2 Å². The lowest BCUT2D eigenvalue weighted by molar-refractivity contribution is -0.0749. The van der Waals surface area contributed by atoms with Crippen molar-refractivity contribution in [2.45, 2.75) is 52.9 Å². The normalized spacial score (nSPS) is 21.8. The van der Waals surface area contributed by atoms with Gasteiger partial charge in [-0.05, 0) is 45.4 Å². The predicted octanol–water partition coefficient (Wildman–Crippen LogP) is 2.83. The van der Waals surface area contributed by atoms with Gasteiger partial charge in [0.2, 0.25) is 0 Å². The molecule has 1 fully saturated rings. The smallest absolute Gasteiger partial charge is 0.0805 e. The van der Waals surface area contributed by atoms with Crippen LogP contribution >= 0.6 is 0 Å². The summed E-state index contributed by atoms with van der Waals surface area (Å²) in [6.45, 7) is 14.6. The molecule has 0 saturated carbocycles. The standard InChI is InChI=1S/C17H29N3O/c1-13(2)9-18-10-15-8-16(6-7-19-15)20-11-14(3)21-17(4,5)12-20/h6-8,13-14,18H,9-12H2,1-5H3. The first-order valence-electron chi connectivity index (χ1n) is 7.94. The van der Waals surface area contributed by atoms with Gasteiger partial charge in [-0.3, -0.25) is 4.98 Å². The molecule has 0 aliphatic carbocycles. The van der Waals surface area contributed by atoms with Gasteiger partial charge in [-0.1, -0.05) is 13.8 Å². The lowest BCUT2D eigenvalue weighted by Crippen LogP contribution is -2.52. The van der Waals surface area contributed by atoms with Crippen molar-refractivity contribution >= 4 is 5.69 Å². The summed E-state index contributed by atoms with van der Waals surface area (Å²) in [4.78, 5) is 6.87. The SMILES string of the molecule is CC(C)CNCc1cc(N2CC(C)OC(C)(C)C2)ccn1. The Morgan fingerprint density at radius 3 is 2.90 bits per heavy atom. The van der Waals surface area contributed by atoms with Gasteiger partial charge in [-0.2, -0.15) is 0 Å². The Morgan fingerprint density at radius 2 is 2.24 bits per heavy atom. The van der Waals surface area contributed by atoms with Crippen molar-refractivity contribution in [1.82, 2.24) is 10.3 Å². The van der Waals surface area contributed by atoms with Crippen molar-refractivity contribution in [3.8, 4) is 0 Å². The molecule has 1 aliphatic rings. The Morgan fingerprint density at radius 1 is 1.48 bits per heavy atom. The molecule has 118 valence electrons. The third-order valence-electron chi connectivity index (χ3n) is 3.59. The third kappa shape index (κ3) is 4.97. The number of rotatable bonds is 5. The largest absolute Gasteiger partial charge is 0.369 e. The number of nitrogens with one attached hydrogen (secondary N) is 1. The van der Waals surface area contributed by atoms with Gasteiger partial charge in [0.15, 0.2) is 0 Å². The quantitative estimate of drug-likeness (QED) is 0.905. The zero-order valence-corrected chi connectivity index (χ0v) is 14.0. The van der Waals surface area contributed by atoms with Gasteiger partial charge in [-0.15, -0.1) is 0 Å². The van der Waals surface area contributed by atoms with Crippen molar-refractivity contribution in [2.75, 3.05) is 24.5 Å². The Balaban J connectivity index is 2.03. The molecule has 0 spiro atoms. The van der Waals surface area contributed by atoms with E-state index in [9.17, 15) is 0 Å². The number of hydrogen-bond acceptors (Lipinski definition) is 4. The first kappa shape index (κ1) is 16.2. The van der Waals surface area contributed by atoms with E-state index < -0.39 is 0 Å². The molecule has 1 aliphatic heterocycles. The fourth-order valence-electron chi connectivity index (χ4n) is 2.90.